The second kappa shape index (κ2) is 7.33. The van der Waals surface area contributed by atoms with E-state index in [1.165, 1.54) is 0 Å². The van der Waals surface area contributed by atoms with Crippen LogP contribution < -0.4 is 5.32 Å². The van der Waals surface area contributed by atoms with Crippen molar-refractivity contribution in [1.29, 1.82) is 0 Å². The van der Waals surface area contributed by atoms with Gasteiger partial charge in [0.2, 0.25) is 0 Å². The number of carbonyl (C=O) groups is 1. The fourth-order valence-electron chi connectivity index (χ4n) is 1.66. The Kier molecular flexibility index (Phi) is 6.07. The van der Waals surface area contributed by atoms with Gasteiger partial charge in [-0.3, -0.25) is 0 Å². The highest BCUT2D eigenvalue weighted by molar-refractivity contribution is 5.67. The maximum Gasteiger partial charge on any atom is 0.410 e. The predicted octanol–water partition coefficient (Wildman–Crippen LogP) is 2.93. The van der Waals surface area contributed by atoms with E-state index in [9.17, 15) is 4.79 Å². The monoisotopic (exact) mass is 282 g/mol. The van der Waals surface area contributed by atoms with Crippen LogP contribution in [0, 0.1) is 6.92 Å². The van der Waals surface area contributed by atoms with Gasteiger partial charge in [0.25, 0.3) is 0 Å². The van der Waals surface area contributed by atoms with Crippen molar-refractivity contribution in [3.63, 3.8) is 0 Å². The highest BCUT2D eigenvalue weighted by Crippen LogP contribution is 2.09. The summed E-state index contributed by atoms with van der Waals surface area (Å²) in [7, 11) is 1.75. The van der Waals surface area contributed by atoms with Gasteiger partial charge in [0, 0.05) is 13.6 Å². The summed E-state index contributed by atoms with van der Waals surface area (Å²) in [4.78, 5) is 13.3. The first-order valence-corrected chi connectivity index (χ1v) is 6.97. The minimum Gasteiger partial charge on any atom is -0.468 e. The van der Waals surface area contributed by atoms with E-state index in [1.54, 1.807) is 18.2 Å². The number of rotatable bonds is 6. The third kappa shape index (κ3) is 6.10. The lowest BCUT2D eigenvalue weighted by Crippen LogP contribution is -2.35. The largest absolute Gasteiger partial charge is 0.468 e. The van der Waals surface area contributed by atoms with E-state index in [2.05, 4.69) is 5.32 Å². The lowest BCUT2D eigenvalue weighted by molar-refractivity contribution is 0.0297. The summed E-state index contributed by atoms with van der Waals surface area (Å²) in [6.07, 6.45) is 2.29. The number of hydrogen-bond acceptors (Lipinski definition) is 4. The summed E-state index contributed by atoms with van der Waals surface area (Å²) < 4.78 is 10.6. The minimum absolute atomic E-state index is 0.278. The summed E-state index contributed by atoms with van der Waals surface area (Å²) in [6.45, 7) is 9.84. The zero-order valence-corrected chi connectivity index (χ0v) is 13.2. The maximum absolute atomic E-state index is 11.7. The van der Waals surface area contributed by atoms with E-state index >= 15 is 0 Å². The van der Waals surface area contributed by atoms with Gasteiger partial charge in [-0.2, -0.15) is 0 Å². The third-order valence-corrected chi connectivity index (χ3v) is 2.81. The van der Waals surface area contributed by atoms with E-state index in [0.29, 0.717) is 6.54 Å². The summed E-state index contributed by atoms with van der Waals surface area (Å²) >= 11 is 0. The van der Waals surface area contributed by atoms with Crippen molar-refractivity contribution in [1.82, 2.24) is 10.2 Å². The van der Waals surface area contributed by atoms with Crippen LogP contribution in [-0.4, -0.2) is 36.7 Å². The van der Waals surface area contributed by atoms with Crippen molar-refractivity contribution < 1.29 is 13.9 Å². The highest BCUT2D eigenvalue weighted by Gasteiger charge is 2.18. The van der Waals surface area contributed by atoms with E-state index in [1.807, 2.05) is 33.8 Å². The van der Waals surface area contributed by atoms with Crippen LogP contribution in [-0.2, 0) is 11.3 Å². The smallest absolute Gasteiger partial charge is 0.410 e. The van der Waals surface area contributed by atoms with Crippen LogP contribution >= 0.6 is 0 Å². The van der Waals surface area contributed by atoms with Crippen LogP contribution in [0.5, 0.6) is 0 Å². The third-order valence-electron chi connectivity index (χ3n) is 2.81. The molecule has 1 amide bonds. The number of carbonyl (C=O) groups excluding carboxylic acids is 1. The molecule has 1 aromatic rings. The second-order valence-electron chi connectivity index (χ2n) is 5.96. The van der Waals surface area contributed by atoms with E-state index in [4.69, 9.17) is 9.15 Å². The minimum atomic E-state index is -0.444. The number of hydrogen-bond donors (Lipinski definition) is 1. The number of ether oxygens (including phenoxy) is 1. The van der Waals surface area contributed by atoms with Gasteiger partial charge < -0.3 is 19.4 Å². The molecule has 1 rings (SSSR count). The molecule has 0 aromatic carbocycles. The molecule has 5 nitrogen and oxygen atoms in total. The molecule has 20 heavy (non-hydrogen) atoms. The molecule has 0 atom stereocenters. The molecule has 1 heterocycles. The first-order valence-electron chi connectivity index (χ1n) is 6.97. The molecular weight excluding hydrogens is 256 g/mol. The molecule has 0 spiro atoms. The SMILES string of the molecule is Cc1ccoc1CNCCCN(C)C(=O)OC(C)(C)C. The Labute approximate surface area is 121 Å². The molecule has 0 saturated heterocycles. The number of nitrogens with one attached hydrogen (secondary N) is 1. The molecule has 1 aromatic heterocycles. The average molecular weight is 282 g/mol. The van der Waals surface area contributed by atoms with Crippen LogP contribution in [0.2, 0.25) is 0 Å². The Bertz CT molecular complexity index is 421. The van der Waals surface area contributed by atoms with Crippen molar-refractivity contribution in [2.45, 2.75) is 46.3 Å². The first-order chi connectivity index (χ1) is 9.29. The number of aryl methyl sites for hydroxylation is 1. The molecular formula is C15H26N2O3. The van der Waals surface area contributed by atoms with Gasteiger partial charge in [-0.25, -0.2) is 4.79 Å². The Balaban J connectivity index is 2.14. The van der Waals surface area contributed by atoms with Crippen molar-refractivity contribution in [3.8, 4) is 0 Å². The zero-order chi connectivity index (χ0) is 15.2. The van der Waals surface area contributed by atoms with Gasteiger partial charge in [-0.05, 0) is 52.3 Å². The van der Waals surface area contributed by atoms with Crippen LogP contribution in [0.25, 0.3) is 0 Å². The maximum atomic E-state index is 11.7. The molecule has 0 aliphatic rings. The summed E-state index contributed by atoms with van der Waals surface area (Å²) in [5.41, 5.74) is 0.712. The summed E-state index contributed by atoms with van der Waals surface area (Å²) in [5, 5.41) is 3.30. The summed E-state index contributed by atoms with van der Waals surface area (Å²) in [6, 6.07) is 1.95. The van der Waals surface area contributed by atoms with Gasteiger partial charge in [-0.15, -0.1) is 0 Å². The molecule has 0 aliphatic heterocycles. The highest BCUT2D eigenvalue weighted by atomic mass is 16.6. The van der Waals surface area contributed by atoms with E-state index < -0.39 is 5.60 Å². The molecule has 0 radical (unpaired) electrons. The van der Waals surface area contributed by atoms with Gasteiger partial charge in [0.15, 0.2) is 0 Å². The standard InChI is InChI=1S/C15H26N2O3/c1-12-7-10-19-13(12)11-16-8-6-9-17(5)14(18)20-15(2,3)4/h7,10,16H,6,8-9,11H2,1-5H3. The molecule has 0 fully saturated rings. The fourth-order valence-corrected chi connectivity index (χ4v) is 1.66. The van der Waals surface area contributed by atoms with E-state index in [-0.39, 0.29) is 6.09 Å². The molecule has 1 N–H and O–H groups in total. The normalized spacial score (nSPS) is 11.4. The van der Waals surface area contributed by atoms with Gasteiger partial charge in [0.05, 0.1) is 12.8 Å². The number of amides is 1. The lowest BCUT2D eigenvalue weighted by atomic mass is 10.2. The van der Waals surface area contributed by atoms with Crippen molar-refractivity contribution in [2.24, 2.45) is 0 Å². The number of furan rings is 1. The van der Waals surface area contributed by atoms with Crippen LogP contribution in [0.3, 0.4) is 0 Å². The molecule has 0 bridgehead atoms. The molecule has 0 aliphatic carbocycles. The molecule has 0 saturated carbocycles. The Hall–Kier alpha value is -1.49. The quantitative estimate of drug-likeness (QED) is 0.815. The van der Waals surface area contributed by atoms with Crippen molar-refractivity contribution >= 4 is 6.09 Å². The topological polar surface area (TPSA) is 54.7 Å². The first kappa shape index (κ1) is 16.6. The Morgan fingerprint density at radius 2 is 2.15 bits per heavy atom. The van der Waals surface area contributed by atoms with Gasteiger partial charge >= 0.3 is 6.09 Å². The molecule has 0 unspecified atom stereocenters. The van der Waals surface area contributed by atoms with Crippen LogP contribution in [0.1, 0.15) is 38.5 Å². The van der Waals surface area contributed by atoms with Crippen molar-refractivity contribution in [3.05, 3.63) is 23.7 Å². The van der Waals surface area contributed by atoms with Crippen molar-refractivity contribution in [2.75, 3.05) is 20.1 Å². The lowest BCUT2D eigenvalue weighted by Gasteiger charge is -2.24. The fraction of sp³-hybridized carbons (Fsp3) is 0.667. The summed E-state index contributed by atoms with van der Waals surface area (Å²) in [5.74, 6) is 0.963. The zero-order valence-electron chi connectivity index (χ0n) is 13.2. The van der Waals surface area contributed by atoms with Crippen LogP contribution in [0.15, 0.2) is 16.7 Å². The van der Waals surface area contributed by atoms with E-state index in [0.717, 1.165) is 30.8 Å². The van der Waals surface area contributed by atoms with Crippen LogP contribution in [0.4, 0.5) is 4.79 Å². The van der Waals surface area contributed by atoms with Gasteiger partial charge in [-0.1, -0.05) is 0 Å². The number of nitrogens with zero attached hydrogens (tertiary/aromatic N) is 1. The average Bonchev–Trinajstić information content (AvgIpc) is 2.72. The Morgan fingerprint density at radius 1 is 1.45 bits per heavy atom. The predicted molar refractivity (Wildman–Crippen MR) is 78.6 cm³/mol. The Morgan fingerprint density at radius 3 is 2.70 bits per heavy atom. The van der Waals surface area contributed by atoms with Gasteiger partial charge in [0.1, 0.15) is 11.4 Å². The molecule has 114 valence electrons. The molecule has 5 heteroatoms. The second-order valence-corrected chi connectivity index (χ2v) is 5.96.